The molecule has 0 aromatic heterocycles. The monoisotopic (exact) mass is 171 g/mol. The third kappa shape index (κ3) is 1.97. The minimum Gasteiger partial charge on any atom is -0.329 e. The van der Waals surface area contributed by atoms with Gasteiger partial charge in [-0.25, -0.2) is 0 Å². The highest BCUT2D eigenvalue weighted by molar-refractivity contribution is 4.92. The molecule has 3 heteroatoms. The predicted molar refractivity (Wildman–Crippen MR) is 52.2 cm³/mol. The molecule has 0 saturated carbocycles. The van der Waals surface area contributed by atoms with E-state index in [4.69, 9.17) is 5.73 Å². The molecule has 1 fully saturated rings. The molecule has 72 valence electrons. The Balaban J connectivity index is 2.42. The zero-order valence-electron chi connectivity index (χ0n) is 8.27. The summed E-state index contributed by atoms with van der Waals surface area (Å²) in [6, 6.07) is 0. The summed E-state index contributed by atoms with van der Waals surface area (Å²) < 4.78 is 0. The molecular weight excluding hydrogens is 150 g/mol. The Morgan fingerprint density at radius 3 is 2.33 bits per heavy atom. The van der Waals surface area contributed by atoms with Gasteiger partial charge < -0.3 is 16.0 Å². The molecule has 0 bridgehead atoms. The van der Waals surface area contributed by atoms with Crippen LogP contribution in [0.3, 0.4) is 0 Å². The van der Waals surface area contributed by atoms with E-state index in [0.29, 0.717) is 0 Å². The molecule has 1 heterocycles. The smallest absolute Gasteiger partial charge is 0.0325 e. The van der Waals surface area contributed by atoms with Crippen LogP contribution in [-0.2, 0) is 0 Å². The summed E-state index contributed by atoms with van der Waals surface area (Å²) >= 11 is 0. The Labute approximate surface area is 75.3 Å². The van der Waals surface area contributed by atoms with Gasteiger partial charge in [0, 0.05) is 12.1 Å². The Morgan fingerprint density at radius 2 is 2.00 bits per heavy atom. The van der Waals surface area contributed by atoms with Crippen molar-refractivity contribution in [1.82, 2.24) is 10.2 Å². The van der Waals surface area contributed by atoms with Crippen molar-refractivity contribution in [3.63, 3.8) is 0 Å². The maximum absolute atomic E-state index is 5.75. The van der Waals surface area contributed by atoms with E-state index < -0.39 is 0 Å². The summed E-state index contributed by atoms with van der Waals surface area (Å²) in [5.74, 6) is 0. The van der Waals surface area contributed by atoms with Crippen LogP contribution in [0.15, 0.2) is 0 Å². The van der Waals surface area contributed by atoms with Crippen LogP contribution < -0.4 is 11.1 Å². The summed E-state index contributed by atoms with van der Waals surface area (Å²) in [5, 5.41) is 3.36. The Bertz CT molecular complexity index is 122. The summed E-state index contributed by atoms with van der Waals surface area (Å²) in [4.78, 5) is 2.48. The predicted octanol–water partition coefficient (Wildman–Crippen LogP) is 0.0190. The molecule has 0 aromatic carbocycles. The number of rotatable bonds is 3. The second-order valence-corrected chi connectivity index (χ2v) is 3.67. The molecule has 3 N–H and O–H groups in total. The van der Waals surface area contributed by atoms with Gasteiger partial charge in [0.15, 0.2) is 0 Å². The normalized spacial score (nSPS) is 24.2. The topological polar surface area (TPSA) is 41.3 Å². The number of nitrogens with one attached hydrogen (secondary N) is 1. The van der Waals surface area contributed by atoms with E-state index in [1.165, 1.54) is 32.5 Å². The average Bonchev–Trinajstić information content (AvgIpc) is 2.18. The lowest BCUT2D eigenvalue weighted by Crippen LogP contribution is -2.56. The Kier molecular flexibility index (Phi) is 3.50. The van der Waals surface area contributed by atoms with E-state index in [9.17, 15) is 0 Å². The van der Waals surface area contributed by atoms with Gasteiger partial charge >= 0.3 is 0 Å². The Hall–Kier alpha value is -0.120. The molecule has 1 aliphatic rings. The molecule has 0 aromatic rings. The highest BCUT2D eigenvalue weighted by Crippen LogP contribution is 2.20. The van der Waals surface area contributed by atoms with E-state index >= 15 is 0 Å². The van der Waals surface area contributed by atoms with Crippen molar-refractivity contribution in [1.29, 1.82) is 0 Å². The van der Waals surface area contributed by atoms with Gasteiger partial charge in [0.1, 0.15) is 0 Å². The minimum atomic E-state index is 0.228. The lowest BCUT2D eigenvalue weighted by Gasteiger charge is -2.40. The largest absolute Gasteiger partial charge is 0.329 e. The van der Waals surface area contributed by atoms with Crippen LogP contribution in [0.4, 0.5) is 0 Å². The SMILES string of the molecule is CCN1CCC(CN)(NC)CC1. The number of likely N-dealkylation sites (tertiary alicyclic amines) is 1. The number of likely N-dealkylation sites (N-methyl/N-ethyl adjacent to an activating group) is 1. The van der Waals surface area contributed by atoms with Gasteiger partial charge in [-0.15, -0.1) is 0 Å². The van der Waals surface area contributed by atoms with E-state index in [-0.39, 0.29) is 5.54 Å². The lowest BCUT2D eigenvalue weighted by molar-refractivity contribution is 0.151. The standard InChI is InChI=1S/C9H21N3/c1-3-12-6-4-9(8-10,11-2)5-7-12/h11H,3-8,10H2,1-2H3. The summed E-state index contributed by atoms with van der Waals surface area (Å²) in [5.41, 5.74) is 5.98. The van der Waals surface area contributed by atoms with E-state index in [1.54, 1.807) is 0 Å². The zero-order valence-corrected chi connectivity index (χ0v) is 8.27. The second kappa shape index (κ2) is 4.21. The summed E-state index contributed by atoms with van der Waals surface area (Å²) in [6.07, 6.45) is 2.38. The molecule has 0 atom stereocenters. The van der Waals surface area contributed by atoms with Crippen LogP contribution in [0.5, 0.6) is 0 Å². The van der Waals surface area contributed by atoms with E-state index in [0.717, 1.165) is 6.54 Å². The molecule has 0 amide bonds. The number of hydrogen-bond donors (Lipinski definition) is 2. The summed E-state index contributed by atoms with van der Waals surface area (Å²) in [6.45, 7) is 6.53. The first-order chi connectivity index (χ1) is 5.76. The van der Waals surface area contributed by atoms with E-state index in [1.807, 2.05) is 7.05 Å². The van der Waals surface area contributed by atoms with Crippen LogP contribution in [0.25, 0.3) is 0 Å². The maximum atomic E-state index is 5.75. The molecular formula is C9H21N3. The molecule has 0 unspecified atom stereocenters. The van der Waals surface area contributed by atoms with Crippen LogP contribution in [0.2, 0.25) is 0 Å². The van der Waals surface area contributed by atoms with E-state index in [2.05, 4.69) is 17.1 Å². The third-order valence-corrected chi connectivity index (χ3v) is 3.18. The van der Waals surface area contributed by atoms with Gasteiger partial charge in [-0.2, -0.15) is 0 Å². The van der Waals surface area contributed by atoms with Crippen LogP contribution in [0.1, 0.15) is 19.8 Å². The van der Waals surface area contributed by atoms with Gasteiger partial charge in [-0.1, -0.05) is 6.92 Å². The van der Waals surface area contributed by atoms with Crippen molar-refractivity contribution in [3.05, 3.63) is 0 Å². The van der Waals surface area contributed by atoms with Gasteiger partial charge in [0.05, 0.1) is 0 Å². The fraction of sp³-hybridized carbons (Fsp3) is 1.00. The summed E-state index contributed by atoms with van der Waals surface area (Å²) in [7, 11) is 2.02. The molecule has 0 spiro atoms. The first-order valence-corrected chi connectivity index (χ1v) is 4.87. The first kappa shape index (κ1) is 9.96. The number of nitrogens with two attached hydrogens (primary N) is 1. The van der Waals surface area contributed by atoms with Crippen LogP contribution in [0, 0.1) is 0 Å². The molecule has 0 aliphatic carbocycles. The molecule has 1 aliphatic heterocycles. The molecule has 0 radical (unpaired) electrons. The molecule has 1 saturated heterocycles. The quantitative estimate of drug-likeness (QED) is 0.629. The van der Waals surface area contributed by atoms with Crippen molar-refractivity contribution >= 4 is 0 Å². The van der Waals surface area contributed by atoms with Crippen molar-refractivity contribution in [3.8, 4) is 0 Å². The number of hydrogen-bond acceptors (Lipinski definition) is 3. The highest BCUT2D eigenvalue weighted by atomic mass is 15.1. The van der Waals surface area contributed by atoms with Gasteiger partial charge in [-0.05, 0) is 39.5 Å². The molecule has 3 nitrogen and oxygen atoms in total. The minimum absolute atomic E-state index is 0.228. The number of piperidine rings is 1. The van der Waals surface area contributed by atoms with Crippen molar-refractivity contribution in [2.24, 2.45) is 5.73 Å². The molecule has 12 heavy (non-hydrogen) atoms. The zero-order chi connectivity index (χ0) is 9.03. The van der Waals surface area contributed by atoms with Gasteiger partial charge in [0.25, 0.3) is 0 Å². The second-order valence-electron chi connectivity index (χ2n) is 3.67. The average molecular weight is 171 g/mol. The van der Waals surface area contributed by atoms with Crippen LogP contribution in [-0.4, -0.2) is 43.7 Å². The lowest BCUT2D eigenvalue weighted by atomic mass is 9.88. The van der Waals surface area contributed by atoms with Gasteiger partial charge in [-0.3, -0.25) is 0 Å². The fourth-order valence-corrected chi connectivity index (χ4v) is 1.85. The third-order valence-electron chi connectivity index (χ3n) is 3.18. The highest BCUT2D eigenvalue weighted by Gasteiger charge is 2.30. The first-order valence-electron chi connectivity index (χ1n) is 4.87. The fourth-order valence-electron chi connectivity index (χ4n) is 1.85. The van der Waals surface area contributed by atoms with Crippen LogP contribution >= 0.6 is 0 Å². The van der Waals surface area contributed by atoms with Crippen molar-refractivity contribution in [2.75, 3.05) is 33.2 Å². The maximum Gasteiger partial charge on any atom is 0.0325 e. The number of nitrogens with zero attached hydrogens (tertiary/aromatic N) is 1. The van der Waals surface area contributed by atoms with Crippen molar-refractivity contribution < 1.29 is 0 Å². The Morgan fingerprint density at radius 1 is 1.42 bits per heavy atom. The van der Waals surface area contributed by atoms with Gasteiger partial charge in [0.2, 0.25) is 0 Å². The van der Waals surface area contributed by atoms with Crippen molar-refractivity contribution in [2.45, 2.75) is 25.3 Å². The molecule has 1 rings (SSSR count).